The molecule has 1 atom stereocenters. The molecule has 0 saturated heterocycles. The van der Waals surface area contributed by atoms with Crippen LogP contribution in [-0.2, 0) is 24.3 Å². The molecule has 1 N–H and O–H groups in total. The lowest BCUT2D eigenvalue weighted by Gasteiger charge is -2.14. The van der Waals surface area contributed by atoms with Gasteiger partial charge in [0.25, 0.3) is 10.0 Å². The Morgan fingerprint density at radius 1 is 1.11 bits per heavy atom. The van der Waals surface area contributed by atoms with Crippen molar-refractivity contribution in [2.45, 2.75) is 24.8 Å². The summed E-state index contributed by atoms with van der Waals surface area (Å²) in [5, 5.41) is 0. The Morgan fingerprint density at radius 2 is 1.74 bits per heavy atom. The second-order valence-electron chi connectivity index (χ2n) is 5.66. The predicted octanol–water partition coefficient (Wildman–Crippen LogP) is 2.65. The highest BCUT2D eigenvalue weighted by Crippen LogP contribution is 2.20. The Kier molecular flexibility index (Phi) is 6.17. The molecule has 0 aliphatic rings. The second-order valence-corrected chi connectivity index (χ2v) is 7.34. The van der Waals surface area contributed by atoms with Gasteiger partial charge in [0.15, 0.2) is 6.10 Å². The molecule has 27 heavy (non-hydrogen) atoms. The van der Waals surface area contributed by atoms with Crippen LogP contribution in [0.15, 0.2) is 47.4 Å². The highest BCUT2D eigenvalue weighted by Gasteiger charge is 2.23. The van der Waals surface area contributed by atoms with Gasteiger partial charge in [-0.25, -0.2) is 22.4 Å². The van der Waals surface area contributed by atoms with Crippen molar-refractivity contribution in [2.75, 3.05) is 11.8 Å². The van der Waals surface area contributed by atoms with E-state index in [-0.39, 0.29) is 16.1 Å². The maximum Gasteiger partial charge on any atom is 0.346 e. The number of anilines is 1. The monoisotopic (exact) mass is 395 g/mol. The Balaban J connectivity index is 2.28. The molecule has 0 spiro atoms. The molecule has 0 saturated carbocycles. The number of sulfonamides is 1. The number of carbonyl (C=O) groups excluding carboxylic acids is 2. The van der Waals surface area contributed by atoms with E-state index in [1.807, 2.05) is 0 Å². The lowest BCUT2D eigenvalue weighted by Crippen LogP contribution is -2.25. The molecular weight excluding hydrogens is 377 g/mol. The minimum Gasteiger partial charge on any atom is -0.466 e. The van der Waals surface area contributed by atoms with Crippen molar-refractivity contribution >= 4 is 27.6 Å². The Hall–Kier alpha value is -2.94. The van der Waals surface area contributed by atoms with Crippen LogP contribution in [-0.4, -0.2) is 33.6 Å². The summed E-state index contributed by atoms with van der Waals surface area (Å²) in [4.78, 5) is 23.5. The molecule has 0 radical (unpaired) electrons. The number of nitrogens with one attached hydrogen (secondary N) is 1. The summed E-state index contributed by atoms with van der Waals surface area (Å²) in [6.45, 7) is 2.94. The molecular formula is C18H18FNO6S. The molecule has 0 aliphatic carbocycles. The lowest BCUT2D eigenvalue weighted by molar-refractivity contribution is -0.149. The average molecular weight is 395 g/mol. The van der Waals surface area contributed by atoms with E-state index < -0.39 is 33.9 Å². The quantitative estimate of drug-likeness (QED) is 0.755. The fraction of sp³-hybridized carbons (Fsp3) is 0.222. The highest BCUT2D eigenvalue weighted by molar-refractivity contribution is 7.92. The van der Waals surface area contributed by atoms with Gasteiger partial charge in [-0.2, -0.15) is 0 Å². The first-order valence-electron chi connectivity index (χ1n) is 7.82. The topological polar surface area (TPSA) is 98.8 Å². The van der Waals surface area contributed by atoms with Gasteiger partial charge >= 0.3 is 11.9 Å². The highest BCUT2D eigenvalue weighted by atomic mass is 32.2. The van der Waals surface area contributed by atoms with E-state index in [0.717, 1.165) is 25.3 Å². The van der Waals surface area contributed by atoms with Crippen molar-refractivity contribution in [3.05, 3.63) is 59.4 Å². The third kappa shape index (κ3) is 5.04. The van der Waals surface area contributed by atoms with Crippen LogP contribution in [0.4, 0.5) is 10.1 Å². The molecule has 7 nitrogen and oxygen atoms in total. The number of benzene rings is 2. The molecule has 2 aromatic carbocycles. The zero-order valence-corrected chi connectivity index (χ0v) is 15.7. The van der Waals surface area contributed by atoms with Crippen molar-refractivity contribution in [2.24, 2.45) is 0 Å². The maximum atomic E-state index is 13.0. The smallest absolute Gasteiger partial charge is 0.346 e. The number of methoxy groups -OCH3 is 1. The van der Waals surface area contributed by atoms with Crippen LogP contribution in [0.2, 0.25) is 0 Å². The Morgan fingerprint density at radius 3 is 2.33 bits per heavy atom. The summed E-state index contributed by atoms with van der Waals surface area (Å²) in [6.07, 6.45) is -1.14. The summed E-state index contributed by atoms with van der Waals surface area (Å²) in [5.41, 5.74) is 0.631. The van der Waals surface area contributed by atoms with Gasteiger partial charge in [0.2, 0.25) is 0 Å². The third-order valence-corrected chi connectivity index (χ3v) is 5.03. The number of rotatable bonds is 6. The first-order chi connectivity index (χ1) is 12.6. The molecule has 0 amide bonds. The maximum absolute atomic E-state index is 13.0. The molecule has 2 aromatic rings. The zero-order valence-electron chi connectivity index (χ0n) is 14.9. The first kappa shape index (κ1) is 20.4. The minimum absolute atomic E-state index is 0.00673. The molecule has 0 aromatic heterocycles. The number of ether oxygens (including phenoxy) is 2. The lowest BCUT2D eigenvalue weighted by atomic mass is 10.1. The van der Waals surface area contributed by atoms with Crippen molar-refractivity contribution in [1.82, 2.24) is 0 Å². The van der Waals surface area contributed by atoms with Crippen LogP contribution in [0.3, 0.4) is 0 Å². The van der Waals surface area contributed by atoms with E-state index in [2.05, 4.69) is 9.46 Å². The fourth-order valence-electron chi connectivity index (χ4n) is 2.16. The van der Waals surface area contributed by atoms with Gasteiger partial charge in [0.05, 0.1) is 17.6 Å². The van der Waals surface area contributed by atoms with Gasteiger partial charge in [-0.3, -0.25) is 4.72 Å². The van der Waals surface area contributed by atoms with Crippen LogP contribution in [0, 0.1) is 12.7 Å². The van der Waals surface area contributed by atoms with Crippen LogP contribution in [0.25, 0.3) is 0 Å². The number of carbonyl (C=O) groups is 2. The van der Waals surface area contributed by atoms with Crippen LogP contribution < -0.4 is 4.72 Å². The Bertz CT molecular complexity index is 956. The molecule has 0 heterocycles. The first-order valence-corrected chi connectivity index (χ1v) is 9.30. The molecule has 0 unspecified atom stereocenters. The number of halogens is 1. The van der Waals surface area contributed by atoms with Gasteiger partial charge in [-0.05, 0) is 55.8 Å². The van der Waals surface area contributed by atoms with Crippen molar-refractivity contribution in [1.29, 1.82) is 0 Å². The number of aryl methyl sites for hydroxylation is 1. The molecule has 0 fully saturated rings. The van der Waals surface area contributed by atoms with E-state index in [9.17, 15) is 22.4 Å². The number of hydrogen-bond acceptors (Lipinski definition) is 6. The number of esters is 2. The zero-order chi connectivity index (χ0) is 20.2. The normalized spacial score (nSPS) is 12.1. The molecule has 2 rings (SSSR count). The molecule has 144 valence electrons. The molecule has 9 heteroatoms. The van der Waals surface area contributed by atoms with E-state index in [0.29, 0.717) is 5.56 Å². The fourth-order valence-corrected chi connectivity index (χ4v) is 3.24. The predicted molar refractivity (Wildman–Crippen MR) is 95.3 cm³/mol. The Labute approximate surface area is 156 Å². The van der Waals surface area contributed by atoms with E-state index in [1.165, 1.54) is 31.2 Å². The largest absolute Gasteiger partial charge is 0.466 e. The third-order valence-electron chi connectivity index (χ3n) is 3.65. The average Bonchev–Trinajstić information content (AvgIpc) is 2.62. The summed E-state index contributed by atoms with van der Waals surface area (Å²) < 4.78 is 49.8. The SMILES string of the molecule is COC(=O)[C@@H](C)OC(=O)c1cc(S(=O)(=O)Nc2ccc(F)cc2)ccc1C. The van der Waals surface area contributed by atoms with Crippen LogP contribution in [0.5, 0.6) is 0 Å². The van der Waals surface area contributed by atoms with Crippen LogP contribution in [0.1, 0.15) is 22.8 Å². The van der Waals surface area contributed by atoms with Gasteiger partial charge < -0.3 is 9.47 Å². The molecule has 0 bridgehead atoms. The van der Waals surface area contributed by atoms with Crippen molar-refractivity contribution < 1.29 is 31.9 Å². The summed E-state index contributed by atoms with van der Waals surface area (Å²) in [5.74, 6) is -2.09. The van der Waals surface area contributed by atoms with Crippen LogP contribution >= 0.6 is 0 Å². The van der Waals surface area contributed by atoms with E-state index in [4.69, 9.17) is 4.74 Å². The van der Waals surface area contributed by atoms with E-state index >= 15 is 0 Å². The van der Waals surface area contributed by atoms with Crippen molar-refractivity contribution in [3.63, 3.8) is 0 Å². The molecule has 0 aliphatic heterocycles. The van der Waals surface area contributed by atoms with Gasteiger partial charge in [-0.1, -0.05) is 6.07 Å². The standard InChI is InChI=1S/C18H18FNO6S/c1-11-4-9-15(10-16(11)18(22)26-12(2)17(21)25-3)27(23,24)20-14-7-5-13(19)6-8-14/h4-10,12,20H,1-3H3/t12-/m1/s1. The van der Waals surface area contributed by atoms with Gasteiger partial charge in [0.1, 0.15) is 5.82 Å². The van der Waals surface area contributed by atoms with Crippen molar-refractivity contribution in [3.8, 4) is 0 Å². The van der Waals surface area contributed by atoms with Gasteiger partial charge in [0, 0.05) is 5.69 Å². The number of hydrogen-bond donors (Lipinski definition) is 1. The van der Waals surface area contributed by atoms with Gasteiger partial charge in [-0.15, -0.1) is 0 Å². The summed E-state index contributed by atoms with van der Waals surface area (Å²) >= 11 is 0. The summed E-state index contributed by atoms with van der Waals surface area (Å²) in [6, 6.07) is 8.68. The minimum atomic E-state index is -4.02. The summed E-state index contributed by atoms with van der Waals surface area (Å²) in [7, 11) is -2.86. The van der Waals surface area contributed by atoms with E-state index in [1.54, 1.807) is 6.92 Å². The second kappa shape index (κ2) is 8.17.